The molecule has 160 valence electrons. The third-order valence-electron chi connectivity index (χ3n) is 6.41. The molecule has 0 bridgehead atoms. The second-order valence-corrected chi connectivity index (χ2v) is 9.24. The molecular formula is C25H27N2O4+. The van der Waals surface area contributed by atoms with Crippen molar-refractivity contribution in [1.29, 1.82) is 0 Å². The van der Waals surface area contributed by atoms with Gasteiger partial charge in [0.15, 0.2) is 0 Å². The number of hydrogen-bond donors (Lipinski definition) is 2. The van der Waals surface area contributed by atoms with Gasteiger partial charge in [0.1, 0.15) is 18.1 Å². The van der Waals surface area contributed by atoms with Crippen LogP contribution in [0.4, 0.5) is 4.79 Å². The Morgan fingerprint density at radius 2 is 1.71 bits per heavy atom. The number of carbonyl (C=O) groups excluding carboxylic acids is 1. The third kappa shape index (κ3) is 3.77. The van der Waals surface area contributed by atoms with E-state index in [-0.39, 0.29) is 18.9 Å². The molecular weight excluding hydrogens is 392 g/mol. The number of ether oxygens (including phenoxy) is 1. The number of amides is 1. The molecule has 2 aromatic carbocycles. The first-order chi connectivity index (χ1) is 14.8. The summed E-state index contributed by atoms with van der Waals surface area (Å²) in [7, 11) is 4.03. The van der Waals surface area contributed by atoms with Crippen molar-refractivity contribution in [3.63, 3.8) is 0 Å². The Labute approximate surface area is 182 Å². The normalized spacial score (nSPS) is 18.6. The summed E-state index contributed by atoms with van der Waals surface area (Å²) in [5.74, 6) is 1.41. The molecule has 0 spiro atoms. The largest absolute Gasteiger partial charge is 0.480 e. The highest BCUT2D eigenvalue weighted by Gasteiger charge is 2.59. The number of carbonyl (C=O) groups is 2. The molecule has 0 unspecified atom stereocenters. The van der Waals surface area contributed by atoms with Gasteiger partial charge in [-0.25, -0.2) is 9.59 Å². The lowest BCUT2D eigenvalue weighted by Crippen LogP contribution is -2.73. The number of aliphatic carboxylic acids is 1. The van der Waals surface area contributed by atoms with E-state index in [0.29, 0.717) is 17.6 Å². The fourth-order valence-electron chi connectivity index (χ4n) is 5.49. The molecule has 2 N–H and O–H groups in total. The Balaban J connectivity index is 1.48. The zero-order valence-electron chi connectivity index (χ0n) is 17.8. The summed E-state index contributed by atoms with van der Waals surface area (Å²) in [5.41, 5.74) is 3.81. The number of rotatable bonds is 6. The standard InChI is InChI=1S/C25H26N2O4/c1-4-13-25(15-27(2,3)16-25)22(23(28)29)26-24(30)31-14-21-19-11-7-5-9-17(19)18-10-6-8-12-20(18)21/h1,5-12,21-22H,13-16H2,2-3H3,(H-,26,28,29,30)/p+1/t22-/m1/s1. The Bertz CT molecular complexity index is 1020. The van der Waals surface area contributed by atoms with E-state index < -0.39 is 23.5 Å². The van der Waals surface area contributed by atoms with Crippen LogP contribution in [0.3, 0.4) is 0 Å². The van der Waals surface area contributed by atoms with Crippen molar-refractivity contribution in [2.75, 3.05) is 33.8 Å². The Morgan fingerprint density at radius 1 is 1.16 bits per heavy atom. The summed E-state index contributed by atoms with van der Waals surface area (Å²) in [5, 5.41) is 12.4. The van der Waals surface area contributed by atoms with Crippen molar-refractivity contribution in [3.05, 3.63) is 59.7 Å². The van der Waals surface area contributed by atoms with Gasteiger partial charge in [0.05, 0.1) is 27.2 Å². The summed E-state index contributed by atoms with van der Waals surface area (Å²) in [6, 6.07) is 15.0. The SMILES string of the molecule is C#CCC1([C@H](NC(=O)OCC2c3ccccc3-c3ccccc32)C(=O)O)C[N+](C)(C)C1. The monoisotopic (exact) mass is 419 g/mol. The minimum Gasteiger partial charge on any atom is -0.480 e. The molecule has 0 radical (unpaired) electrons. The van der Waals surface area contributed by atoms with Crippen LogP contribution in [-0.2, 0) is 9.53 Å². The highest BCUT2D eigenvalue weighted by Crippen LogP contribution is 2.44. The lowest BCUT2D eigenvalue weighted by molar-refractivity contribution is -0.950. The van der Waals surface area contributed by atoms with E-state index in [1.807, 2.05) is 50.5 Å². The molecule has 1 amide bonds. The zero-order chi connectivity index (χ0) is 22.2. The van der Waals surface area contributed by atoms with Gasteiger partial charge in [0.25, 0.3) is 0 Å². The molecule has 1 aliphatic heterocycles. The highest BCUT2D eigenvalue weighted by atomic mass is 16.5. The van der Waals surface area contributed by atoms with Crippen LogP contribution in [0.15, 0.2) is 48.5 Å². The first kappa shape index (κ1) is 21.0. The van der Waals surface area contributed by atoms with Gasteiger partial charge in [-0.15, -0.1) is 12.3 Å². The average molecular weight is 420 g/mol. The summed E-state index contributed by atoms with van der Waals surface area (Å²) in [6.45, 7) is 1.30. The highest BCUT2D eigenvalue weighted by molar-refractivity contribution is 5.82. The molecule has 31 heavy (non-hydrogen) atoms. The summed E-state index contributed by atoms with van der Waals surface area (Å²) in [6.07, 6.45) is 5.07. The van der Waals surface area contributed by atoms with Gasteiger partial charge in [-0.05, 0) is 22.3 Å². The number of nitrogens with zero attached hydrogens (tertiary/aromatic N) is 1. The van der Waals surface area contributed by atoms with Crippen molar-refractivity contribution >= 4 is 12.1 Å². The Hall–Kier alpha value is -3.30. The van der Waals surface area contributed by atoms with Crippen LogP contribution in [0, 0.1) is 17.8 Å². The Kier molecular flexibility index (Phi) is 5.24. The predicted molar refractivity (Wildman–Crippen MR) is 117 cm³/mol. The molecule has 6 heteroatoms. The van der Waals surface area contributed by atoms with Crippen molar-refractivity contribution in [1.82, 2.24) is 5.32 Å². The van der Waals surface area contributed by atoms with Gasteiger partial charge in [-0.3, -0.25) is 0 Å². The maximum Gasteiger partial charge on any atom is 0.407 e. The van der Waals surface area contributed by atoms with Crippen LogP contribution in [0.1, 0.15) is 23.5 Å². The number of carboxylic acid groups (broad SMARTS) is 1. The topological polar surface area (TPSA) is 75.6 Å². The van der Waals surface area contributed by atoms with Crippen LogP contribution in [-0.4, -0.2) is 61.5 Å². The fraction of sp³-hybridized carbons (Fsp3) is 0.360. The van der Waals surface area contributed by atoms with Gasteiger partial charge < -0.3 is 19.6 Å². The molecule has 0 aromatic heterocycles. The van der Waals surface area contributed by atoms with Crippen molar-refractivity contribution in [2.24, 2.45) is 5.41 Å². The van der Waals surface area contributed by atoms with Gasteiger partial charge in [0.2, 0.25) is 0 Å². The van der Waals surface area contributed by atoms with E-state index >= 15 is 0 Å². The quantitative estimate of drug-likeness (QED) is 0.557. The van der Waals surface area contributed by atoms with Crippen LogP contribution in [0.2, 0.25) is 0 Å². The van der Waals surface area contributed by atoms with Gasteiger partial charge in [0, 0.05) is 12.3 Å². The number of terminal acetylenes is 1. The van der Waals surface area contributed by atoms with Crippen LogP contribution in [0.5, 0.6) is 0 Å². The number of fused-ring (bicyclic) bond motifs is 3. The lowest BCUT2D eigenvalue weighted by atomic mass is 9.69. The molecule has 4 rings (SSSR count). The molecule has 1 saturated heterocycles. The van der Waals surface area contributed by atoms with E-state index in [1.54, 1.807) is 0 Å². The minimum absolute atomic E-state index is 0.0830. The van der Waals surface area contributed by atoms with Crippen LogP contribution < -0.4 is 5.32 Å². The van der Waals surface area contributed by atoms with Gasteiger partial charge in [-0.1, -0.05) is 48.5 Å². The van der Waals surface area contributed by atoms with E-state index in [1.165, 1.54) is 0 Å². The zero-order valence-corrected chi connectivity index (χ0v) is 17.8. The third-order valence-corrected chi connectivity index (χ3v) is 6.41. The molecule has 1 atom stereocenters. The average Bonchev–Trinajstić information content (AvgIpc) is 3.03. The number of alkyl carbamates (subject to hydrolysis) is 1. The molecule has 6 nitrogen and oxygen atoms in total. The molecule has 1 aliphatic carbocycles. The minimum atomic E-state index is -1.09. The number of hydrogen-bond acceptors (Lipinski definition) is 3. The Morgan fingerprint density at radius 3 is 2.19 bits per heavy atom. The van der Waals surface area contributed by atoms with Gasteiger partial charge in [-0.2, -0.15) is 0 Å². The lowest BCUT2D eigenvalue weighted by Gasteiger charge is -2.54. The number of carboxylic acids is 1. The van der Waals surface area contributed by atoms with Crippen molar-refractivity contribution < 1.29 is 23.9 Å². The molecule has 1 fully saturated rings. The molecule has 2 aromatic rings. The second-order valence-electron chi connectivity index (χ2n) is 9.24. The fourth-order valence-corrected chi connectivity index (χ4v) is 5.49. The summed E-state index contributed by atoms with van der Waals surface area (Å²) in [4.78, 5) is 24.6. The van der Waals surface area contributed by atoms with E-state index in [9.17, 15) is 14.7 Å². The van der Waals surface area contributed by atoms with Crippen molar-refractivity contribution in [2.45, 2.75) is 18.4 Å². The molecule has 0 saturated carbocycles. The number of benzene rings is 2. The smallest absolute Gasteiger partial charge is 0.407 e. The van der Waals surface area contributed by atoms with E-state index in [2.05, 4.69) is 23.4 Å². The predicted octanol–water partition coefficient (Wildman–Crippen LogP) is 3.08. The maximum atomic E-state index is 12.6. The molecule has 2 aliphatic rings. The number of likely N-dealkylation sites (tertiary alicyclic amines) is 1. The summed E-state index contributed by atoms with van der Waals surface area (Å²) < 4.78 is 6.21. The number of nitrogens with one attached hydrogen (secondary N) is 1. The molecule has 1 heterocycles. The first-order valence-corrected chi connectivity index (χ1v) is 10.4. The van der Waals surface area contributed by atoms with Gasteiger partial charge >= 0.3 is 12.1 Å². The van der Waals surface area contributed by atoms with Crippen molar-refractivity contribution in [3.8, 4) is 23.5 Å². The van der Waals surface area contributed by atoms with E-state index in [4.69, 9.17) is 11.2 Å². The first-order valence-electron chi connectivity index (χ1n) is 10.4. The van der Waals surface area contributed by atoms with E-state index in [0.717, 1.165) is 22.3 Å². The van der Waals surface area contributed by atoms with Crippen LogP contribution >= 0.6 is 0 Å². The number of quaternary nitrogens is 1. The summed E-state index contributed by atoms with van der Waals surface area (Å²) >= 11 is 0. The maximum absolute atomic E-state index is 12.6. The second kappa shape index (κ2) is 7.75. The van der Waals surface area contributed by atoms with Crippen LogP contribution in [0.25, 0.3) is 11.1 Å².